The second-order valence-electron chi connectivity index (χ2n) is 4.67. The van der Waals surface area contributed by atoms with E-state index in [0.29, 0.717) is 24.8 Å². The molecule has 0 amide bonds. The molecule has 1 atom stereocenters. The Labute approximate surface area is 105 Å². The molecule has 6 heteroatoms. The lowest BCUT2D eigenvalue weighted by molar-refractivity contribution is -0.141. The van der Waals surface area contributed by atoms with E-state index in [2.05, 4.69) is 10.3 Å². The summed E-state index contributed by atoms with van der Waals surface area (Å²) in [6.45, 7) is 2.08. The zero-order valence-corrected chi connectivity index (χ0v) is 10.3. The van der Waals surface area contributed by atoms with Gasteiger partial charge in [-0.05, 0) is 19.3 Å². The molecule has 6 nitrogen and oxygen atoms in total. The molecule has 0 aromatic carbocycles. The Bertz CT molecular complexity index is 494. The van der Waals surface area contributed by atoms with Gasteiger partial charge in [0.2, 0.25) is 0 Å². The van der Waals surface area contributed by atoms with Crippen LogP contribution in [0.15, 0.2) is 17.2 Å². The third-order valence-electron chi connectivity index (χ3n) is 3.10. The molecular weight excluding hydrogens is 234 g/mol. The number of nitrogens with one attached hydrogen (secondary N) is 1. The topological polar surface area (TPSA) is 84.2 Å². The van der Waals surface area contributed by atoms with Crippen molar-refractivity contribution in [1.82, 2.24) is 9.55 Å². The number of carbonyl (C=O) groups is 1. The lowest BCUT2D eigenvalue weighted by Gasteiger charge is -2.09. The van der Waals surface area contributed by atoms with Crippen molar-refractivity contribution < 1.29 is 9.90 Å². The molecule has 0 spiro atoms. The van der Waals surface area contributed by atoms with Crippen LogP contribution < -0.4 is 10.9 Å². The Hall–Kier alpha value is -1.85. The molecule has 1 heterocycles. The Morgan fingerprint density at radius 1 is 1.67 bits per heavy atom. The number of hydrogen-bond donors (Lipinski definition) is 2. The minimum atomic E-state index is -0.826. The van der Waals surface area contributed by atoms with E-state index in [1.165, 1.54) is 0 Å². The number of carboxylic acids is 1. The van der Waals surface area contributed by atoms with Crippen LogP contribution >= 0.6 is 0 Å². The van der Waals surface area contributed by atoms with Crippen molar-refractivity contribution in [2.24, 2.45) is 5.92 Å². The molecule has 0 aliphatic heterocycles. The van der Waals surface area contributed by atoms with Gasteiger partial charge < -0.3 is 15.0 Å². The first-order chi connectivity index (χ1) is 8.59. The van der Waals surface area contributed by atoms with Crippen LogP contribution in [0.5, 0.6) is 0 Å². The summed E-state index contributed by atoms with van der Waals surface area (Å²) in [5.74, 6) is -0.943. The van der Waals surface area contributed by atoms with Gasteiger partial charge >= 0.3 is 5.97 Å². The van der Waals surface area contributed by atoms with Gasteiger partial charge in [-0.15, -0.1) is 0 Å². The minimum absolute atomic E-state index is 0.122. The van der Waals surface area contributed by atoms with Crippen LogP contribution in [-0.2, 0) is 4.79 Å². The molecule has 18 heavy (non-hydrogen) atoms. The van der Waals surface area contributed by atoms with E-state index in [1.807, 2.05) is 0 Å². The van der Waals surface area contributed by atoms with E-state index in [0.717, 1.165) is 12.8 Å². The van der Waals surface area contributed by atoms with Crippen molar-refractivity contribution in [3.63, 3.8) is 0 Å². The van der Waals surface area contributed by atoms with Gasteiger partial charge in [0.25, 0.3) is 5.56 Å². The molecule has 2 rings (SSSR count). The number of nitrogens with zero attached hydrogens (tertiary/aromatic N) is 2. The number of hydrogen-bond acceptors (Lipinski definition) is 4. The van der Waals surface area contributed by atoms with Crippen molar-refractivity contribution in [3.05, 3.63) is 22.7 Å². The second-order valence-corrected chi connectivity index (χ2v) is 4.67. The van der Waals surface area contributed by atoms with Gasteiger partial charge in [0.05, 0.1) is 5.92 Å². The summed E-state index contributed by atoms with van der Waals surface area (Å²) in [5.41, 5.74) is -0.122. The van der Waals surface area contributed by atoms with Crippen molar-refractivity contribution in [2.75, 3.05) is 11.9 Å². The van der Waals surface area contributed by atoms with E-state index < -0.39 is 11.9 Å². The van der Waals surface area contributed by atoms with Crippen LogP contribution in [0.25, 0.3) is 0 Å². The zero-order chi connectivity index (χ0) is 13.1. The zero-order valence-electron chi connectivity index (χ0n) is 10.3. The summed E-state index contributed by atoms with van der Waals surface area (Å²) in [6, 6.07) is 0.319. The molecule has 1 aliphatic carbocycles. The summed E-state index contributed by atoms with van der Waals surface area (Å²) < 4.78 is 1.69. The monoisotopic (exact) mass is 251 g/mol. The molecule has 2 N–H and O–H groups in total. The van der Waals surface area contributed by atoms with E-state index in [9.17, 15) is 9.59 Å². The number of anilines is 1. The SMILES string of the molecule is CC(CCNc1nccn(C2CC2)c1=O)C(=O)O. The van der Waals surface area contributed by atoms with Gasteiger partial charge in [0.1, 0.15) is 0 Å². The number of rotatable bonds is 6. The van der Waals surface area contributed by atoms with Crippen LogP contribution in [0.1, 0.15) is 32.2 Å². The fourth-order valence-electron chi connectivity index (χ4n) is 1.72. The normalized spacial score (nSPS) is 16.3. The van der Waals surface area contributed by atoms with Crippen LogP contribution in [0.4, 0.5) is 5.82 Å². The Morgan fingerprint density at radius 3 is 3.00 bits per heavy atom. The highest BCUT2D eigenvalue weighted by Gasteiger charge is 2.25. The van der Waals surface area contributed by atoms with Crippen molar-refractivity contribution in [1.29, 1.82) is 0 Å². The van der Waals surface area contributed by atoms with E-state index >= 15 is 0 Å². The standard InChI is InChI=1S/C12H17N3O3/c1-8(12(17)18)4-5-13-10-11(16)15(7-6-14-10)9-2-3-9/h6-9H,2-5H2,1H3,(H,13,14)(H,17,18). The quantitative estimate of drug-likeness (QED) is 0.791. The minimum Gasteiger partial charge on any atom is -0.481 e. The molecule has 1 fully saturated rings. The molecule has 1 saturated carbocycles. The Morgan fingerprint density at radius 2 is 2.39 bits per heavy atom. The highest BCUT2D eigenvalue weighted by Crippen LogP contribution is 2.33. The molecule has 0 bridgehead atoms. The van der Waals surface area contributed by atoms with E-state index in [4.69, 9.17) is 5.11 Å². The summed E-state index contributed by atoms with van der Waals surface area (Å²) in [7, 11) is 0. The van der Waals surface area contributed by atoms with E-state index in [-0.39, 0.29) is 5.56 Å². The first kappa shape index (κ1) is 12.6. The van der Waals surface area contributed by atoms with Gasteiger partial charge in [0.15, 0.2) is 5.82 Å². The largest absolute Gasteiger partial charge is 0.481 e. The van der Waals surface area contributed by atoms with Gasteiger partial charge in [-0.25, -0.2) is 4.98 Å². The number of carboxylic acid groups (broad SMARTS) is 1. The molecule has 1 aromatic heterocycles. The summed E-state index contributed by atoms with van der Waals surface area (Å²) in [4.78, 5) is 26.6. The second kappa shape index (κ2) is 5.20. The van der Waals surface area contributed by atoms with E-state index in [1.54, 1.807) is 23.9 Å². The third kappa shape index (κ3) is 2.88. The molecular formula is C12H17N3O3. The predicted octanol–water partition coefficient (Wildman–Crippen LogP) is 1.10. The van der Waals surface area contributed by atoms with Crippen molar-refractivity contribution in [2.45, 2.75) is 32.2 Å². The maximum Gasteiger partial charge on any atom is 0.306 e. The fraction of sp³-hybridized carbons (Fsp3) is 0.583. The predicted molar refractivity (Wildman–Crippen MR) is 66.7 cm³/mol. The Balaban J connectivity index is 1.95. The Kier molecular flexibility index (Phi) is 3.64. The first-order valence-corrected chi connectivity index (χ1v) is 6.13. The maximum atomic E-state index is 12.0. The molecule has 0 saturated heterocycles. The summed E-state index contributed by atoms with van der Waals surface area (Å²) in [5, 5.41) is 11.7. The molecule has 1 unspecified atom stereocenters. The lowest BCUT2D eigenvalue weighted by atomic mass is 10.1. The average Bonchev–Trinajstić information content (AvgIpc) is 3.15. The highest BCUT2D eigenvalue weighted by atomic mass is 16.4. The number of aromatic nitrogens is 2. The highest BCUT2D eigenvalue weighted by molar-refractivity contribution is 5.69. The number of aliphatic carboxylic acids is 1. The van der Waals surface area contributed by atoms with Crippen LogP contribution in [0.2, 0.25) is 0 Å². The average molecular weight is 251 g/mol. The molecule has 1 aliphatic rings. The van der Waals surface area contributed by atoms with Gasteiger partial charge in [-0.2, -0.15) is 0 Å². The summed E-state index contributed by atoms with van der Waals surface area (Å²) >= 11 is 0. The summed E-state index contributed by atoms with van der Waals surface area (Å²) in [6.07, 6.45) is 5.85. The molecule has 1 aromatic rings. The molecule has 0 radical (unpaired) electrons. The lowest BCUT2D eigenvalue weighted by Crippen LogP contribution is -2.25. The van der Waals surface area contributed by atoms with Crippen molar-refractivity contribution >= 4 is 11.8 Å². The van der Waals surface area contributed by atoms with Gasteiger partial charge in [0, 0.05) is 25.0 Å². The smallest absolute Gasteiger partial charge is 0.306 e. The van der Waals surface area contributed by atoms with Gasteiger partial charge in [-0.1, -0.05) is 6.92 Å². The van der Waals surface area contributed by atoms with Crippen LogP contribution in [0, 0.1) is 5.92 Å². The maximum absolute atomic E-state index is 12.0. The molecule has 98 valence electrons. The fourth-order valence-corrected chi connectivity index (χ4v) is 1.72. The van der Waals surface area contributed by atoms with Crippen LogP contribution in [0.3, 0.4) is 0 Å². The van der Waals surface area contributed by atoms with Crippen LogP contribution in [-0.4, -0.2) is 27.2 Å². The first-order valence-electron chi connectivity index (χ1n) is 6.13. The van der Waals surface area contributed by atoms with Crippen molar-refractivity contribution in [3.8, 4) is 0 Å². The third-order valence-corrected chi connectivity index (χ3v) is 3.10. The van der Waals surface area contributed by atoms with Gasteiger partial charge in [-0.3, -0.25) is 9.59 Å².